The smallest absolute Gasteiger partial charge is 0.355 e. The molecule has 1 unspecified atom stereocenters. The number of ketones is 1. The minimum Gasteiger partial charge on any atom is -0.507 e. The summed E-state index contributed by atoms with van der Waals surface area (Å²) >= 11 is 0. The van der Waals surface area contributed by atoms with E-state index in [0.29, 0.717) is 17.8 Å². The molecule has 1 aromatic carbocycles. The van der Waals surface area contributed by atoms with Crippen LogP contribution in [0.25, 0.3) is 5.76 Å². The SMILES string of the molecule is CCOC(=O)c1[nH]c(C)c(/C(O)=C2\C(=O)C(=O)N(CCN(C)C)C2c2ccccc2F)c1C. The number of likely N-dealkylation sites (N-methyl/N-ethyl adjacent to an activating group) is 1. The van der Waals surface area contributed by atoms with E-state index in [9.17, 15) is 23.9 Å². The van der Waals surface area contributed by atoms with Gasteiger partial charge in [-0.2, -0.15) is 0 Å². The van der Waals surface area contributed by atoms with Crippen LogP contribution in [0.3, 0.4) is 0 Å². The molecular weight excluding hydrogens is 429 g/mol. The van der Waals surface area contributed by atoms with E-state index in [-0.39, 0.29) is 35.5 Å². The molecule has 1 aliphatic rings. The predicted octanol–water partition coefficient (Wildman–Crippen LogP) is 2.93. The summed E-state index contributed by atoms with van der Waals surface area (Å²) in [6, 6.07) is 4.74. The van der Waals surface area contributed by atoms with Crippen LogP contribution >= 0.6 is 0 Å². The van der Waals surface area contributed by atoms with Crippen LogP contribution in [0.15, 0.2) is 29.8 Å². The number of halogens is 1. The average molecular weight is 458 g/mol. The second kappa shape index (κ2) is 9.58. The Labute approximate surface area is 191 Å². The van der Waals surface area contributed by atoms with Crippen molar-refractivity contribution in [3.63, 3.8) is 0 Å². The number of carbonyl (C=O) groups is 3. The Balaban J connectivity index is 2.22. The Kier molecular flexibility index (Phi) is 7.02. The number of amides is 1. The van der Waals surface area contributed by atoms with E-state index < -0.39 is 35.3 Å². The first-order valence-electron chi connectivity index (χ1n) is 10.6. The van der Waals surface area contributed by atoms with Gasteiger partial charge in [0, 0.05) is 29.9 Å². The summed E-state index contributed by atoms with van der Waals surface area (Å²) in [6.07, 6.45) is 0. The van der Waals surface area contributed by atoms with E-state index in [1.54, 1.807) is 26.8 Å². The van der Waals surface area contributed by atoms with Crippen molar-refractivity contribution in [1.29, 1.82) is 0 Å². The molecule has 0 spiro atoms. The van der Waals surface area contributed by atoms with Crippen molar-refractivity contribution in [2.45, 2.75) is 26.8 Å². The molecule has 1 fully saturated rings. The van der Waals surface area contributed by atoms with E-state index >= 15 is 0 Å². The molecule has 176 valence electrons. The molecule has 2 N–H and O–H groups in total. The largest absolute Gasteiger partial charge is 0.507 e. The number of aryl methyl sites for hydroxylation is 1. The van der Waals surface area contributed by atoms with E-state index in [4.69, 9.17) is 4.74 Å². The number of nitrogens with one attached hydrogen (secondary N) is 1. The molecule has 1 aromatic heterocycles. The van der Waals surface area contributed by atoms with Crippen LogP contribution in [0.4, 0.5) is 4.39 Å². The van der Waals surface area contributed by atoms with Gasteiger partial charge < -0.3 is 24.6 Å². The zero-order valence-electron chi connectivity index (χ0n) is 19.4. The van der Waals surface area contributed by atoms with Gasteiger partial charge in [-0.15, -0.1) is 0 Å². The normalized spacial score (nSPS) is 17.8. The van der Waals surface area contributed by atoms with Crippen molar-refractivity contribution < 1.29 is 28.6 Å². The number of Topliss-reactive ketones (excluding diaryl/α,β-unsaturated/α-hetero) is 1. The number of nitrogens with zero attached hydrogens (tertiary/aromatic N) is 2. The molecule has 0 saturated carbocycles. The van der Waals surface area contributed by atoms with Gasteiger partial charge in [-0.25, -0.2) is 9.18 Å². The van der Waals surface area contributed by atoms with Crippen LogP contribution in [-0.2, 0) is 14.3 Å². The lowest BCUT2D eigenvalue weighted by atomic mass is 9.93. The summed E-state index contributed by atoms with van der Waals surface area (Å²) in [5, 5.41) is 11.3. The molecule has 0 aliphatic carbocycles. The van der Waals surface area contributed by atoms with Crippen LogP contribution in [0.1, 0.15) is 45.8 Å². The molecule has 2 aromatic rings. The third-order valence-corrected chi connectivity index (χ3v) is 5.68. The Morgan fingerprint density at radius 3 is 2.52 bits per heavy atom. The third kappa shape index (κ3) is 4.41. The fourth-order valence-corrected chi connectivity index (χ4v) is 4.09. The number of likely N-dealkylation sites (tertiary alicyclic amines) is 1. The molecule has 0 radical (unpaired) electrons. The number of hydrogen-bond donors (Lipinski definition) is 2. The molecular formula is C24H28FN3O5. The van der Waals surface area contributed by atoms with Gasteiger partial charge >= 0.3 is 5.97 Å². The van der Waals surface area contributed by atoms with Crippen molar-refractivity contribution in [2.75, 3.05) is 33.8 Å². The predicted molar refractivity (Wildman–Crippen MR) is 120 cm³/mol. The summed E-state index contributed by atoms with van der Waals surface area (Å²) in [5.41, 5.74) is 1.03. The number of rotatable bonds is 7. The lowest BCUT2D eigenvalue weighted by Gasteiger charge is -2.26. The number of aliphatic hydroxyl groups is 1. The van der Waals surface area contributed by atoms with Crippen LogP contribution in [-0.4, -0.2) is 71.3 Å². The first-order chi connectivity index (χ1) is 15.6. The molecule has 9 heteroatoms. The quantitative estimate of drug-likeness (QED) is 0.287. The molecule has 1 amide bonds. The Hall–Kier alpha value is -3.46. The average Bonchev–Trinajstić information content (AvgIpc) is 3.19. The molecule has 0 bridgehead atoms. The van der Waals surface area contributed by atoms with E-state index in [1.807, 2.05) is 19.0 Å². The van der Waals surface area contributed by atoms with E-state index in [2.05, 4.69) is 4.98 Å². The number of esters is 1. The van der Waals surface area contributed by atoms with E-state index in [0.717, 1.165) is 0 Å². The number of benzene rings is 1. The van der Waals surface area contributed by atoms with Crippen molar-refractivity contribution in [2.24, 2.45) is 0 Å². The third-order valence-electron chi connectivity index (χ3n) is 5.68. The molecule has 2 heterocycles. The van der Waals surface area contributed by atoms with E-state index in [1.165, 1.54) is 23.1 Å². The van der Waals surface area contributed by atoms with Gasteiger partial charge in [0.2, 0.25) is 0 Å². The maximum atomic E-state index is 14.8. The van der Waals surface area contributed by atoms with Crippen molar-refractivity contribution in [3.05, 3.63) is 63.7 Å². The minimum atomic E-state index is -1.11. The first-order valence-corrected chi connectivity index (χ1v) is 10.6. The van der Waals surface area contributed by atoms with Gasteiger partial charge in [0.25, 0.3) is 11.7 Å². The monoisotopic (exact) mass is 457 g/mol. The number of aliphatic hydroxyl groups excluding tert-OH is 1. The number of hydrogen-bond acceptors (Lipinski definition) is 6. The highest BCUT2D eigenvalue weighted by atomic mass is 19.1. The number of aromatic nitrogens is 1. The highest BCUT2D eigenvalue weighted by Crippen LogP contribution is 2.41. The van der Waals surface area contributed by atoms with Crippen molar-refractivity contribution in [1.82, 2.24) is 14.8 Å². The topological polar surface area (TPSA) is 103 Å². The fourth-order valence-electron chi connectivity index (χ4n) is 4.09. The van der Waals surface area contributed by atoms with Gasteiger partial charge in [-0.1, -0.05) is 18.2 Å². The Morgan fingerprint density at radius 1 is 1.24 bits per heavy atom. The van der Waals surface area contributed by atoms with Gasteiger partial charge in [0.1, 0.15) is 17.3 Å². The zero-order valence-corrected chi connectivity index (χ0v) is 19.4. The number of H-pyrrole nitrogens is 1. The highest BCUT2D eigenvalue weighted by molar-refractivity contribution is 6.46. The second-order valence-electron chi connectivity index (χ2n) is 8.16. The van der Waals surface area contributed by atoms with Gasteiger partial charge in [-0.3, -0.25) is 9.59 Å². The number of carbonyl (C=O) groups excluding carboxylic acids is 3. The van der Waals surface area contributed by atoms with Gasteiger partial charge in [0.15, 0.2) is 0 Å². The molecule has 1 saturated heterocycles. The van der Waals surface area contributed by atoms with Crippen molar-refractivity contribution >= 4 is 23.4 Å². The first kappa shape index (κ1) is 24.2. The van der Waals surface area contributed by atoms with Gasteiger partial charge in [-0.05, 0) is 46.5 Å². The summed E-state index contributed by atoms with van der Waals surface area (Å²) < 4.78 is 19.9. The maximum Gasteiger partial charge on any atom is 0.355 e. The summed E-state index contributed by atoms with van der Waals surface area (Å²) in [6.45, 7) is 5.67. The maximum absolute atomic E-state index is 14.8. The lowest BCUT2D eigenvalue weighted by molar-refractivity contribution is -0.140. The fraction of sp³-hybridized carbons (Fsp3) is 0.375. The molecule has 33 heavy (non-hydrogen) atoms. The Bertz CT molecular complexity index is 1140. The number of ether oxygens (including phenoxy) is 1. The van der Waals surface area contributed by atoms with Crippen LogP contribution in [0.2, 0.25) is 0 Å². The van der Waals surface area contributed by atoms with Crippen molar-refractivity contribution in [3.8, 4) is 0 Å². The zero-order chi connectivity index (χ0) is 24.4. The summed E-state index contributed by atoms with van der Waals surface area (Å²) in [5.74, 6) is -3.38. The summed E-state index contributed by atoms with van der Waals surface area (Å²) in [4.78, 5) is 44.3. The number of aromatic amines is 1. The van der Waals surface area contributed by atoms with Gasteiger partial charge in [0.05, 0.1) is 18.2 Å². The summed E-state index contributed by atoms with van der Waals surface area (Å²) in [7, 11) is 3.64. The molecule has 3 rings (SSSR count). The van der Waals surface area contributed by atoms with Crippen LogP contribution in [0, 0.1) is 19.7 Å². The molecule has 1 aliphatic heterocycles. The lowest BCUT2D eigenvalue weighted by Crippen LogP contribution is -2.35. The molecule has 1 atom stereocenters. The van der Waals surface area contributed by atoms with Crippen LogP contribution < -0.4 is 0 Å². The standard InChI is InChI=1S/C24H28FN3O5/c1-6-33-24(32)19-13(2)17(14(3)26-19)21(29)18-20(15-9-7-8-10-16(15)25)28(12-11-27(4)5)23(31)22(18)30/h7-10,20,26,29H,6,11-12H2,1-5H3/b21-18+. The highest BCUT2D eigenvalue weighted by Gasteiger charge is 2.47. The second-order valence-corrected chi connectivity index (χ2v) is 8.16. The Morgan fingerprint density at radius 2 is 1.91 bits per heavy atom. The molecule has 8 nitrogen and oxygen atoms in total. The minimum absolute atomic E-state index is 0.105. The van der Waals surface area contributed by atoms with Crippen LogP contribution in [0.5, 0.6) is 0 Å².